The largest absolute Gasteiger partial charge is 0.338 e. The first-order valence-corrected chi connectivity index (χ1v) is 4.80. The first-order chi connectivity index (χ1) is 6.11. The third-order valence-electron chi connectivity index (χ3n) is 2.53. The first-order valence-electron chi connectivity index (χ1n) is 4.80. The van der Waals surface area contributed by atoms with Crippen LogP contribution in [-0.4, -0.2) is 55.6 Å². The average Bonchev–Trinajstić information content (AvgIpc) is 2.08. The summed E-state index contributed by atoms with van der Waals surface area (Å²) >= 11 is 0. The third kappa shape index (κ3) is 2.88. The lowest BCUT2D eigenvalue weighted by Crippen LogP contribution is -2.50. The fourth-order valence-electron chi connectivity index (χ4n) is 1.34. The lowest BCUT2D eigenvalue weighted by molar-refractivity contribution is 0.164. The molecule has 1 aliphatic heterocycles. The fourth-order valence-corrected chi connectivity index (χ4v) is 1.34. The van der Waals surface area contributed by atoms with Gasteiger partial charge in [0.25, 0.3) is 0 Å². The van der Waals surface area contributed by atoms with Gasteiger partial charge in [0.05, 0.1) is 0 Å². The normalized spacial score (nSPS) is 20.3. The van der Waals surface area contributed by atoms with Crippen molar-refractivity contribution in [1.82, 2.24) is 15.1 Å². The number of nitrogens with zero attached hydrogens (tertiary/aromatic N) is 2. The predicted octanol–water partition coefficient (Wildman–Crippen LogP) is 0.352. The molecule has 13 heavy (non-hydrogen) atoms. The quantitative estimate of drug-likeness (QED) is 0.688. The van der Waals surface area contributed by atoms with Crippen molar-refractivity contribution in [3.05, 3.63) is 0 Å². The number of rotatable bonds is 3. The van der Waals surface area contributed by atoms with Crippen LogP contribution < -0.4 is 5.32 Å². The minimum absolute atomic E-state index is 0.0833. The van der Waals surface area contributed by atoms with Crippen molar-refractivity contribution in [2.24, 2.45) is 0 Å². The summed E-state index contributed by atoms with van der Waals surface area (Å²) in [6, 6.07) is 0.504. The average molecular weight is 185 g/mol. The molecule has 0 aromatic rings. The Morgan fingerprint density at radius 1 is 1.62 bits per heavy atom. The van der Waals surface area contributed by atoms with Gasteiger partial charge >= 0.3 is 6.03 Å². The van der Waals surface area contributed by atoms with Crippen LogP contribution >= 0.6 is 0 Å². The van der Waals surface area contributed by atoms with Gasteiger partial charge in [0, 0.05) is 25.7 Å². The van der Waals surface area contributed by atoms with Crippen molar-refractivity contribution in [2.75, 3.05) is 33.7 Å². The molecule has 0 bridgehead atoms. The maximum Gasteiger partial charge on any atom is 0.317 e. The van der Waals surface area contributed by atoms with E-state index in [2.05, 4.69) is 17.1 Å². The van der Waals surface area contributed by atoms with E-state index in [4.69, 9.17) is 0 Å². The number of carbonyl (C=O) groups is 1. The molecule has 0 spiro atoms. The molecule has 0 radical (unpaired) electrons. The van der Waals surface area contributed by atoms with E-state index in [1.54, 1.807) is 0 Å². The van der Waals surface area contributed by atoms with Gasteiger partial charge in [-0.05, 0) is 27.4 Å². The molecular formula is C9H19N3O. The lowest BCUT2D eigenvalue weighted by Gasteiger charge is -2.32. The number of hydrogen-bond acceptors (Lipinski definition) is 2. The number of hydrogen-bond donors (Lipinski definition) is 1. The van der Waals surface area contributed by atoms with Crippen LogP contribution in [0.2, 0.25) is 0 Å². The Morgan fingerprint density at radius 2 is 2.31 bits per heavy atom. The van der Waals surface area contributed by atoms with Crippen LogP contribution in [0.4, 0.5) is 4.79 Å². The van der Waals surface area contributed by atoms with Crippen LogP contribution in [0.15, 0.2) is 0 Å². The van der Waals surface area contributed by atoms with Gasteiger partial charge in [-0.15, -0.1) is 0 Å². The molecule has 1 aliphatic rings. The Labute approximate surface area is 79.9 Å². The molecule has 1 atom stereocenters. The minimum Gasteiger partial charge on any atom is -0.338 e. The van der Waals surface area contributed by atoms with Crippen molar-refractivity contribution in [3.8, 4) is 0 Å². The topological polar surface area (TPSA) is 35.6 Å². The summed E-state index contributed by atoms with van der Waals surface area (Å²) < 4.78 is 0. The second kappa shape index (κ2) is 4.46. The predicted molar refractivity (Wildman–Crippen MR) is 52.7 cm³/mol. The molecule has 76 valence electrons. The number of urea groups is 1. The third-order valence-corrected chi connectivity index (χ3v) is 2.53. The van der Waals surface area contributed by atoms with E-state index >= 15 is 0 Å². The van der Waals surface area contributed by atoms with Crippen LogP contribution in [0.25, 0.3) is 0 Å². The van der Waals surface area contributed by atoms with E-state index < -0.39 is 0 Å². The van der Waals surface area contributed by atoms with E-state index in [0.29, 0.717) is 6.04 Å². The molecule has 4 heteroatoms. The van der Waals surface area contributed by atoms with Crippen molar-refractivity contribution in [2.45, 2.75) is 19.4 Å². The second-order valence-electron chi connectivity index (χ2n) is 3.84. The second-order valence-corrected chi connectivity index (χ2v) is 3.84. The highest BCUT2D eigenvalue weighted by Crippen LogP contribution is 2.02. The number of likely N-dealkylation sites (N-methyl/N-ethyl adjacent to an activating group) is 1. The summed E-state index contributed by atoms with van der Waals surface area (Å²) in [4.78, 5) is 15.4. The van der Waals surface area contributed by atoms with E-state index in [9.17, 15) is 4.79 Å². The van der Waals surface area contributed by atoms with Gasteiger partial charge in [0.1, 0.15) is 0 Å². The molecule has 0 aromatic heterocycles. The summed E-state index contributed by atoms with van der Waals surface area (Å²) in [6.07, 6.45) is 1.06. The Kier molecular flexibility index (Phi) is 3.54. The molecule has 0 aromatic carbocycles. The van der Waals surface area contributed by atoms with Crippen molar-refractivity contribution in [1.29, 1.82) is 0 Å². The van der Waals surface area contributed by atoms with Crippen LogP contribution in [0.3, 0.4) is 0 Å². The summed E-state index contributed by atoms with van der Waals surface area (Å²) in [6.45, 7) is 4.66. The molecular weight excluding hydrogens is 166 g/mol. The summed E-state index contributed by atoms with van der Waals surface area (Å²) in [5.74, 6) is 0. The highest BCUT2D eigenvalue weighted by atomic mass is 16.2. The zero-order valence-electron chi connectivity index (χ0n) is 8.71. The Balaban J connectivity index is 2.38. The highest BCUT2D eigenvalue weighted by molar-refractivity contribution is 5.74. The number of nitrogens with one attached hydrogen (secondary N) is 1. The van der Waals surface area contributed by atoms with Gasteiger partial charge in [-0.1, -0.05) is 0 Å². The van der Waals surface area contributed by atoms with E-state index in [-0.39, 0.29) is 6.03 Å². The molecule has 1 saturated heterocycles. The van der Waals surface area contributed by atoms with E-state index in [0.717, 1.165) is 26.1 Å². The van der Waals surface area contributed by atoms with Crippen molar-refractivity contribution >= 4 is 6.03 Å². The maximum atomic E-state index is 11.3. The standard InChI is InChI=1S/C9H19N3O/c1-8(11(2)3)7-12-6-4-5-10-9(12)13/h8H,4-7H2,1-3H3,(H,10,13). The molecule has 1 rings (SSSR count). The zero-order chi connectivity index (χ0) is 9.84. The van der Waals surface area contributed by atoms with Gasteiger partial charge in [-0.2, -0.15) is 0 Å². The summed E-state index contributed by atoms with van der Waals surface area (Å²) in [7, 11) is 4.07. The molecule has 0 aliphatic carbocycles. The SMILES string of the molecule is CC(CN1CCCNC1=O)N(C)C. The lowest BCUT2D eigenvalue weighted by atomic mass is 10.2. The summed E-state index contributed by atoms with van der Waals surface area (Å²) in [5, 5.41) is 2.84. The van der Waals surface area contributed by atoms with E-state index in [1.807, 2.05) is 19.0 Å². The van der Waals surface area contributed by atoms with Crippen LogP contribution in [0.1, 0.15) is 13.3 Å². The molecule has 1 N–H and O–H groups in total. The van der Waals surface area contributed by atoms with Crippen molar-refractivity contribution in [3.63, 3.8) is 0 Å². The summed E-state index contributed by atoms with van der Waals surface area (Å²) in [5.41, 5.74) is 0. The zero-order valence-corrected chi connectivity index (χ0v) is 8.71. The van der Waals surface area contributed by atoms with Gasteiger partial charge in [0.15, 0.2) is 0 Å². The first kappa shape index (κ1) is 10.3. The molecule has 1 fully saturated rings. The van der Waals surface area contributed by atoms with Gasteiger partial charge in [-0.3, -0.25) is 0 Å². The van der Waals surface area contributed by atoms with Gasteiger partial charge in [0.2, 0.25) is 0 Å². The minimum atomic E-state index is 0.0833. The van der Waals surface area contributed by atoms with Crippen LogP contribution in [0.5, 0.6) is 0 Å². The Morgan fingerprint density at radius 3 is 2.85 bits per heavy atom. The van der Waals surface area contributed by atoms with Gasteiger partial charge in [-0.25, -0.2) is 4.79 Å². The van der Waals surface area contributed by atoms with Crippen LogP contribution in [0, 0.1) is 0 Å². The number of carbonyl (C=O) groups excluding carboxylic acids is 1. The highest BCUT2D eigenvalue weighted by Gasteiger charge is 2.19. The number of amides is 2. The Bertz CT molecular complexity index is 182. The Hall–Kier alpha value is -0.770. The van der Waals surface area contributed by atoms with Gasteiger partial charge < -0.3 is 15.1 Å². The molecule has 2 amide bonds. The molecule has 1 unspecified atom stereocenters. The van der Waals surface area contributed by atoms with Crippen LogP contribution in [-0.2, 0) is 0 Å². The van der Waals surface area contributed by atoms with Crippen molar-refractivity contribution < 1.29 is 4.79 Å². The fraction of sp³-hybridized carbons (Fsp3) is 0.889. The maximum absolute atomic E-state index is 11.3. The molecule has 1 heterocycles. The monoisotopic (exact) mass is 185 g/mol. The smallest absolute Gasteiger partial charge is 0.317 e. The van der Waals surface area contributed by atoms with E-state index in [1.165, 1.54) is 0 Å². The molecule has 0 saturated carbocycles. The molecule has 4 nitrogen and oxygen atoms in total.